The second kappa shape index (κ2) is 4.71. The highest BCUT2D eigenvalue weighted by Gasteiger charge is 2.28. The fourth-order valence-corrected chi connectivity index (χ4v) is 3.58. The van der Waals surface area contributed by atoms with Crippen LogP contribution in [0.25, 0.3) is 11.0 Å². The van der Waals surface area contributed by atoms with Crippen LogP contribution in [0, 0.1) is 4.77 Å². The number of ether oxygens (including phenoxy) is 1. The molecule has 3 rings (SSSR count). The highest BCUT2D eigenvalue weighted by Crippen LogP contribution is 2.32. The number of aromatic amines is 1. The van der Waals surface area contributed by atoms with Crippen molar-refractivity contribution in [2.45, 2.75) is 19.4 Å². The number of imidazole rings is 1. The van der Waals surface area contributed by atoms with Gasteiger partial charge in [-0.2, -0.15) is 0 Å². The molecule has 1 N–H and O–H groups in total. The number of hydrogen-bond donors (Lipinski definition) is 1. The maximum Gasteiger partial charge on any atom is 0.178 e. The summed E-state index contributed by atoms with van der Waals surface area (Å²) in [5.74, 6) is 0.813. The Bertz CT molecular complexity index is 800. The van der Waals surface area contributed by atoms with Gasteiger partial charge in [0.25, 0.3) is 0 Å². The van der Waals surface area contributed by atoms with E-state index in [4.69, 9.17) is 17.0 Å². The Hall–Kier alpha value is -1.66. The predicted octanol–water partition coefficient (Wildman–Crippen LogP) is 3.95. The highest BCUT2D eigenvalue weighted by atomic mass is 32.1. The molecule has 0 saturated carbocycles. The standard InChI is InChI=1S/C14H15N3OS2/c1-14(2,12-15-6-7-20-12)17-11-5-4-9(18-3)8-10(11)16-13(17)19/h4-8H,1-3H3,(H,16,19). The minimum Gasteiger partial charge on any atom is -0.497 e. The molecule has 0 spiro atoms. The Labute approximate surface area is 126 Å². The van der Waals surface area contributed by atoms with Crippen LogP contribution in [0.5, 0.6) is 5.75 Å². The van der Waals surface area contributed by atoms with Gasteiger partial charge in [-0.3, -0.25) is 0 Å². The van der Waals surface area contributed by atoms with Crippen LogP contribution in [-0.2, 0) is 5.54 Å². The molecule has 0 unspecified atom stereocenters. The molecule has 0 radical (unpaired) electrons. The third-order valence-corrected chi connectivity index (χ3v) is 4.77. The first-order chi connectivity index (χ1) is 9.54. The molecule has 4 nitrogen and oxygen atoms in total. The van der Waals surface area contributed by atoms with Crippen molar-refractivity contribution in [2.75, 3.05) is 7.11 Å². The zero-order chi connectivity index (χ0) is 14.3. The van der Waals surface area contributed by atoms with Crippen LogP contribution in [0.1, 0.15) is 18.9 Å². The van der Waals surface area contributed by atoms with Gasteiger partial charge in [0.05, 0.1) is 23.7 Å². The maximum atomic E-state index is 5.50. The Balaban J connectivity index is 2.26. The number of methoxy groups -OCH3 is 1. The van der Waals surface area contributed by atoms with E-state index >= 15 is 0 Å². The number of nitrogens with one attached hydrogen (secondary N) is 1. The molecule has 2 aromatic heterocycles. The van der Waals surface area contributed by atoms with Crippen LogP contribution in [0.3, 0.4) is 0 Å². The zero-order valence-corrected chi connectivity index (χ0v) is 13.1. The highest BCUT2D eigenvalue weighted by molar-refractivity contribution is 7.71. The van der Waals surface area contributed by atoms with Crippen LogP contribution in [-0.4, -0.2) is 21.6 Å². The molecular weight excluding hydrogens is 290 g/mol. The Morgan fingerprint density at radius 1 is 1.40 bits per heavy atom. The summed E-state index contributed by atoms with van der Waals surface area (Å²) in [4.78, 5) is 7.68. The molecule has 2 heterocycles. The molecule has 0 saturated heterocycles. The van der Waals surface area contributed by atoms with Gasteiger partial charge in [0, 0.05) is 17.6 Å². The number of fused-ring (bicyclic) bond motifs is 1. The summed E-state index contributed by atoms with van der Waals surface area (Å²) in [6, 6.07) is 5.93. The fraction of sp³-hybridized carbons (Fsp3) is 0.286. The lowest BCUT2D eigenvalue weighted by Gasteiger charge is -2.25. The molecule has 1 aromatic carbocycles. The van der Waals surface area contributed by atoms with Crippen LogP contribution in [0.2, 0.25) is 0 Å². The van der Waals surface area contributed by atoms with E-state index < -0.39 is 0 Å². The summed E-state index contributed by atoms with van der Waals surface area (Å²) in [5.41, 5.74) is 1.73. The van der Waals surface area contributed by atoms with Crippen molar-refractivity contribution in [3.8, 4) is 5.75 Å². The first kappa shape index (κ1) is 13.3. The number of thiazole rings is 1. The van der Waals surface area contributed by atoms with E-state index in [9.17, 15) is 0 Å². The summed E-state index contributed by atoms with van der Waals surface area (Å²) >= 11 is 7.13. The van der Waals surface area contributed by atoms with E-state index in [1.54, 1.807) is 18.4 Å². The number of aromatic nitrogens is 3. The summed E-state index contributed by atoms with van der Waals surface area (Å²) in [7, 11) is 1.66. The van der Waals surface area contributed by atoms with Gasteiger partial charge in [-0.05, 0) is 38.2 Å². The molecule has 0 fully saturated rings. The third kappa shape index (κ3) is 1.96. The summed E-state index contributed by atoms with van der Waals surface area (Å²) in [6.45, 7) is 4.25. The van der Waals surface area contributed by atoms with Gasteiger partial charge in [-0.25, -0.2) is 4.98 Å². The predicted molar refractivity (Wildman–Crippen MR) is 84.2 cm³/mol. The summed E-state index contributed by atoms with van der Waals surface area (Å²) in [6.07, 6.45) is 1.82. The van der Waals surface area contributed by atoms with Crippen molar-refractivity contribution in [3.05, 3.63) is 39.6 Å². The van der Waals surface area contributed by atoms with E-state index in [2.05, 4.69) is 28.4 Å². The monoisotopic (exact) mass is 305 g/mol. The van der Waals surface area contributed by atoms with Crippen LogP contribution in [0.4, 0.5) is 0 Å². The Morgan fingerprint density at radius 3 is 2.85 bits per heavy atom. The van der Waals surface area contributed by atoms with E-state index in [1.807, 2.05) is 29.8 Å². The quantitative estimate of drug-likeness (QED) is 0.745. The molecule has 0 bridgehead atoms. The van der Waals surface area contributed by atoms with Gasteiger partial charge in [-0.15, -0.1) is 11.3 Å². The molecule has 20 heavy (non-hydrogen) atoms. The maximum absolute atomic E-state index is 5.50. The first-order valence-corrected chi connectivity index (χ1v) is 7.52. The molecule has 0 aliphatic rings. The lowest BCUT2D eigenvalue weighted by Crippen LogP contribution is -2.27. The van der Waals surface area contributed by atoms with Gasteiger partial charge in [0.2, 0.25) is 0 Å². The average Bonchev–Trinajstić information content (AvgIpc) is 3.04. The minimum absolute atomic E-state index is 0.294. The lowest BCUT2D eigenvalue weighted by molar-refractivity contribution is 0.415. The normalized spacial score (nSPS) is 11.9. The number of rotatable bonds is 3. The molecule has 0 amide bonds. The molecule has 0 aliphatic carbocycles. The first-order valence-electron chi connectivity index (χ1n) is 6.23. The molecule has 3 aromatic rings. The van der Waals surface area contributed by atoms with Crippen LogP contribution >= 0.6 is 23.6 Å². The van der Waals surface area contributed by atoms with E-state index in [0.717, 1.165) is 21.8 Å². The SMILES string of the molecule is COc1ccc2c(c1)[nH]c(=S)n2C(C)(C)c1nccs1. The number of benzene rings is 1. The minimum atomic E-state index is -0.294. The van der Waals surface area contributed by atoms with E-state index in [-0.39, 0.29) is 5.54 Å². The molecule has 0 atom stereocenters. The van der Waals surface area contributed by atoms with Crippen molar-refractivity contribution in [3.63, 3.8) is 0 Å². The number of H-pyrrole nitrogens is 1. The van der Waals surface area contributed by atoms with Crippen molar-refractivity contribution < 1.29 is 4.74 Å². The molecule has 104 valence electrons. The lowest BCUT2D eigenvalue weighted by atomic mass is 10.1. The van der Waals surface area contributed by atoms with Gasteiger partial charge in [0.1, 0.15) is 10.8 Å². The van der Waals surface area contributed by atoms with Crippen LogP contribution < -0.4 is 4.74 Å². The Morgan fingerprint density at radius 2 is 2.20 bits per heavy atom. The van der Waals surface area contributed by atoms with Gasteiger partial charge in [0.15, 0.2) is 4.77 Å². The third-order valence-electron chi connectivity index (χ3n) is 3.40. The zero-order valence-electron chi connectivity index (χ0n) is 11.5. The van der Waals surface area contributed by atoms with E-state index in [0.29, 0.717) is 4.77 Å². The van der Waals surface area contributed by atoms with Gasteiger partial charge >= 0.3 is 0 Å². The Kier molecular flexibility index (Phi) is 3.14. The second-order valence-corrected chi connectivity index (χ2v) is 6.33. The second-order valence-electron chi connectivity index (χ2n) is 5.04. The molecule has 0 aliphatic heterocycles. The van der Waals surface area contributed by atoms with Crippen molar-refractivity contribution in [2.24, 2.45) is 0 Å². The summed E-state index contributed by atoms with van der Waals surface area (Å²) < 4.78 is 8.05. The number of hydrogen-bond acceptors (Lipinski definition) is 4. The topological polar surface area (TPSA) is 42.8 Å². The van der Waals surface area contributed by atoms with Crippen LogP contribution in [0.15, 0.2) is 29.8 Å². The van der Waals surface area contributed by atoms with Gasteiger partial charge < -0.3 is 14.3 Å². The largest absolute Gasteiger partial charge is 0.497 e. The smallest absolute Gasteiger partial charge is 0.178 e. The van der Waals surface area contributed by atoms with Gasteiger partial charge in [-0.1, -0.05) is 0 Å². The summed E-state index contributed by atoms with van der Waals surface area (Å²) in [5, 5.41) is 3.02. The average molecular weight is 305 g/mol. The van der Waals surface area contributed by atoms with Crippen molar-refractivity contribution in [1.82, 2.24) is 14.5 Å². The van der Waals surface area contributed by atoms with Crippen molar-refractivity contribution in [1.29, 1.82) is 0 Å². The number of nitrogens with zero attached hydrogens (tertiary/aromatic N) is 2. The molecular formula is C14H15N3OS2. The van der Waals surface area contributed by atoms with E-state index in [1.165, 1.54) is 0 Å². The molecule has 6 heteroatoms. The fourth-order valence-electron chi connectivity index (χ4n) is 2.39. The van der Waals surface area contributed by atoms with Crippen molar-refractivity contribution >= 4 is 34.6 Å².